The first-order chi connectivity index (χ1) is 31.1. The molecule has 0 radical (unpaired) electrons. The van der Waals surface area contributed by atoms with Crippen molar-refractivity contribution in [1.29, 1.82) is 0 Å². The minimum atomic E-state index is -0.206. The second-order valence-corrected chi connectivity index (χ2v) is 21.6. The first-order valence-corrected chi connectivity index (χ1v) is 25.9. The topological polar surface area (TPSA) is 52.4 Å². The van der Waals surface area contributed by atoms with Gasteiger partial charge in [0.05, 0.1) is 12.1 Å². The van der Waals surface area contributed by atoms with E-state index in [0.29, 0.717) is 35.6 Å². The third kappa shape index (κ3) is 7.40. The van der Waals surface area contributed by atoms with Crippen molar-refractivity contribution >= 4 is 35.3 Å². The average molecular weight is 852 g/mol. The molecule has 8 aliphatic carbocycles. The third-order valence-corrected chi connectivity index (χ3v) is 17.9. The molecule has 3 aliphatic heterocycles. The van der Waals surface area contributed by atoms with E-state index in [1.54, 1.807) is 32.2 Å². The van der Waals surface area contributed by atoms with Gasteiger partial charge in [-0.3, -0.25) is 4.99 Å². The van der Waals surface area contributed by atoms with Crippen LogP contribution in [0.5, 0.6) is 0 Å². The lowest BCUT2D eigenvalue weighted by Gasteiger charge is -2.39. The molecule has 63 heavy (non-hydrogen) atoms. The molecule has 0 spiro atoms. The van der Waals surface area contributed by atoms with Crippen LogP contribution in [0.15, 0.2) is 140 Å². The van der Waals surface area contributed by atoms with Crippen LogP contribution in [-0.2, 0) is 12.8 Å². The Bertz CT molecular complexity index is 2430. The molecule has 4 heterocycles. The zero-order valence-corrected chi connectivity index (χ0v) is 38.1. The van der Waals surface area contributed by atoms with E-state index in [2.05, 4.69) is 138 Å². The van der Waals surface area contributed by atoms with Crippen molar-refractivity contribution in [2.24, 2.45) is 56.4 Å². The Balaban J connectivity index is 0.903. The van der Waals surface area contributed by atoms with Crippen molar-refractivity contribution < 1.29 is 0 Å². The van der Waals surface area contributed by atoms with Gasteiger partial charge in [0.15, 0.2) is 6.17 Å². The Hall–Kier alpha value is -4.55. The zero-order chi connectivity index (χ0) is 41.9. The molecule has 1 aromatic rings. The monoisotopic (exact) mass is 851 g/mol. The second-order valence-electron chi connectivity index (χ2n) is 20.5. The number of hydrogen-bond acceptors (Lipinski definition) is 6. The van der Waals surface area contributed by atoms with E-state index in [9.17, 15) is 0 Å². The van der Waals surface area contributed by atoms with Gasteiger partial charge in [-0.1, -0.05) is 104 Å². The summed E-state index contributed by atoms with van der Waals surface area (Å²) in [5, 5.41) is 3.84. The second kappa shape index (κ2) is 17.1. The smallest absolute Gasteiger partial charge is 0.151 e. The molecule has 11 atom stereocenters. The predicted molar refractivity (Wildman–Crippen MR) is 264 cm³/mol. The van der Waals surface area contributed by atoms with E-state index >= 15 is 0 Å². The molecule has 11 aliphatic rings. The molecule has 0 bridgehead atoms. The molecule has 12 rings (SSSR count). The molecule has 1 fully saturated rings. The van der Waals surface area contributed by atoms with Crippen LogP contribution in [0.25, 0.3) is 6.08 Å². The summed E-state index contributed by atoms with van der Waals surface area (Å²) in [7, 11) is 0. The van der Waals surface area contributed by atoms with E-state index in [1.165, 1.54) is 68.2 Å². The minimum absolute atomic E-state index is 0.0853. The van der Waals surface area contributed by atoms with Crippen LogP contribution in [0, 0.1) is 41.4 Å². The summed E-state index contributed by atoms with van der Waals surface area (Å²) in [5.74, 6) is 5.68. The molecule has 0 aromatic carbocycles. The average Bonchev–Trinajstić information content (AvgIpc) is 3.90. The van der Waals surface area contributed by atoms with Crippen molar-refractivity contribution in [3.8, 4) is 0 Å². The van der Waals surface area contributed by atoms with Gasteiger partial charge in [0.25, 0.3) is 0 Å². The number of thiophene rings is 1. The number of nitrogens with one attached hydrogen (secondary N) is 1. The predicted octanol–water partition coefficient (Wildman–Crippen LogP) is 13.0. The third-order valence-electron chi connectivity index (χ3n) is 16.6. The van der Waals surface area contributed by atoms with Crippen LogP contribution >= 0.6 is 11.3 Å². The van der Waals surface area contributed by atoms with Gasteiger partial charge in [-0.25, -0.2) is 9.98 Å². The van der Waals surface area contributed by atoms with Crippen LogP contribution in [0.1, 0.15) is 124 Å². The minimum Gasteiger partial charge on any atom is -0.341 e. The number of fused-ring (bicyclic) bond motifs is 7. The van der Waals surface area contributed by atoms with Crippen molar-refractivity contribution in [2.45, 2.75) is 134 Å². The fourth-order valence-electron chi connectivity index (χ4n) is 13.4. The summed E-state index contributed by atoms with van der Waals surface area (Å²) in [5.41, 5.74) is 10.9. The Kier molecular flexibility index (Phi) is 10.9. The molecular weight excluding hydrogens is 787 g/mol. The van der Waals surface area contributed by atoms with Crippen LogP contribution in [0.2, 0.25) is 0 Å². The molecule has 6 heteroatoms. The number of likely N-dealkylation sites (tertiary alicyclic amines) is 1. The van der Waals surface area contributed by atoms with E-state index in [-0.39, 0.29) is 24.0 Å². The number of nitrogens with zero attached hydrogens (tertiary/aromatic N) is 4. The van der Waals surface area contributed by atoms with Crippen LogP contribution in [0.3, 0.4) is 0 Å². The highest BCUT2D eigenvalue weighted by Crippen LogP contribution is 2.57. The van der Waals surface area contributed by atoms with Crippen molar-refractivity contribution in [1.82, 2.24) is 10.2 Å². The van der Waals surface area contributed by atoms with Crippen LogP contribution < -0.4 is 5.32 Å². The molecule has 0 amide bonds. The summed E-state index contributed by atoms with van der Waals surface area (Å²) in [6.45, 7) is 2.41. The first kappa shape index (κ1) is 40.0. The van der Waals surface area contributed by atoms with Gasteiger partial charge in [0, 0.05) is 62.9 Å². The molecule has 1 aromatic heterocycles. The fraction of sp³-hybridized carbons (Fsp3) is 0.491. The Labute approximate surface area is 380 Å². The standard InChI is InChI=1S/C57H65N5S/c1-36-25-27-37(28-26-36)43-21-11-12-22-44(43)41-33-47(57-60-55(38-15-5-2-6-16-38)59-56(61-57)39-17-7-3-8-18-39)54(58-35-41)40-29-30-46-51(34-40)63-50-32-31-49-52(53(46)50)45-23-13-14-24-48(45)62(49)42-19-9-4-10-20-42/h2,4-7,9,11-12,15,17,19,22,24,27,31-33,35-36,38-40,43,45,47,49,52,54,57H,3,8,10,13-14,16,18,20-21,23,25-26,28-30,34H2,1H3,(H,59,60,61). The molecule has 1 N–H and O–H groups in total. The maximum atomic E-state index is 5.75. The Morgan fingerprint density at radius 1 is 0.778 bits per heavy atom. The van der Waals surface area contributed by atoms with Gasteiger partial charge >= 0.3 is 0 Å². The highest BCUT2D eigenvalue weighted by molar-refractivity contribution is 7.13. The molecule has 324 valence electrons. The lowest BCUT2D eigenvalue weighted by Crippen LogP contribution is -2.47. The largest absolute Gasteiger partial charge is 0.341 e. The number of hydrogen-bond donors (Lipinski definition) is 1. The maximum Gasteiger partial charge on any atom is 0.151 e. The van der Waals surface area contributed by atoms with Gasteiger partial charge in [0.2, 0.25) is 0 Å². The quantitative estimate of drug-likeness (QED) is 0.278. The lowest BCUT2D eigenvalue weighted by molar-refractivity contribution is 0.290. The summed E-state index contributed by atoms with van der Waals surface area (Å²) in [4.78, 5) is 23.0. The summed E-state index contributed by atoms with van der Waals surface area (Å²) in [6, 6.07) is 0.560. The summed E-state index contributed by atoms with van der Waals surface area (Å²) in [6.07, 6.45) is 61.7. The fourth-order valence-corrected chi connectivity index (χ4v) is 14.8. The number of aliphatic imine (C=N–C) groups is 3. The maximum absolute atomic E-state index is 5.75. The Morgan fingerprint density at radius 3 is 2.52 bits per heavy atom. The van der Waals surface area contributed by atoms with Gasteiger partial charge in [-0.15, -0.1) is 11.3 Å². The van der Waals surface area contributed by atoms with E-state index in [4.69, 9.17) is 15.0 Å². The normalized spacial score (nSPS) is 36.4. The highest BCUT2D eigenvalue weighted by Gasteiger charge is 2.50. The van der Waals surface area contributed by atoms with Gasteiger partial charge in [-0.05, 0) is 149 Å². The van der Waals surface area contributed by atoms with Crippen molar-refractivity contribution in [2.75, 3.05) is 0 Å². The zero-order valence-electron chi connectivity index (χ0n) is 37.3. The van der Waals surface area contributed by atoms with Crippen molar-refractivity contribution in [3.05, 3.63) is 146 Å². The molecule has 0 saturated carbocycles. The SMILES string of the molecule is CC1CC=C(C2CC=CC=C2C2=CC(C3N=C(C4C=CC=CC4)NC(C4C=CCCC4)=N3)C(C3CCc4c(sc5c4C4C6CCCC=C6N(C6=CC=CCC6)C4C=C5)C3)N=C2)CC1. The first-order valence-electron chi connectivity index (χ1n) is 25.1. The molecular formula is C57H65N5S. The van der Waals surface area contributed by atoms with Gasteiger partial charge in [-0.2, -0.15) is 0 Å². The summed E-state index contributed by atoms with van der Waals surface area (Å²) >= 11 is 2.12. The van der Waals surface area contributed by atoms with Gasteiger partial charge < -0.3 is 10.2 Å². The van der Waals surface area contributed by atoms with Gasteiger partial charge in [0.1, 0.15) is 11.7 Å². The van der Waals surface area contributed by atoms with Crippen molar-refractivity contribution in [3.63, 3.8) is 0 Å². The van der Waals surface area contributed by atoms with E-state index in [1.807, 2.05) is 0 Å². The number of amidine groups is 2. The number of dihydropyridines is 1. The number of allylic oxidation sites excluding steroid dienone is 17. The van der Waals surface area contributed by atoms with Crippen LogP contribution in [-0.4, -0.2) is 41.0 Å². The summed E-state index contributed by atoms with van der Waals surface area (Å²) < 4.78 is 0. The molecule has 1 saturated heterocycles. The molecule has 11 unspecified atom stereocenters. The lowest BCUT2D eigenvalue weighted by atomic mass is 9.71. The number of rotatable bonds is 7. The Morgan fingerprint density at radius 2 is 1.68 bits per heavy atom. The highest BCUT2D eigenvalue weighted by atomic mass is 32.1. The van der Waals surface area contributed by atoms with Crippen LogP contribution in [0.4, 0.5) is 0 Å². The molecule has 5 nitrogen and oxygen atoms in total. The van der Waals surface area contributed by atoms with E-state index in [0.717, 1.165) is 69.0 Å². The van der Waals surface area contributed by atoms with E-state index < -0.39 is 0 Å².